The topological polar surface area (TPSA) is 188 Å². The van der Waals surface area contributed by atoms with Gasteiger partial charge in [-0.3, -0.25) is 38.7 Å². The zero-order chi connectivity index (χ0) is 25.9. The summed E-state index contributed by atoms with van der Waals surface area (Å²) in [6, 6.07) is 0. The normalized spacial score (nSPS) is 11.2. The molecule has 34 heavy (non-hydrogen) atoms. The van der Waals surface area contributed by atoms with Gasteiger partial charge in [-0.25, -0.2) is 0 Å². The second-order valence-electron chi connectivity index (χ2n) is 8.04. The van der Waals surface area contributed by atoms with Crippen molar-refractivity contribution in [2.75, 3.05) is 65.4 Å². The summed E-state index contributed by atoms with van der Waals surface area (Å²) < 4.78 is 0. The van der Waals surface area contributed by atoms with E-state index < -0.39 is 50.1 Å². The van der Waals surface area contributed by atoms with Gasteiger partial charge in [-0.2, -0.15) is 0 Å². The van der Waals surface area contributed by atoms with Gasteiger partial charge in [0, 0.05) is 32.7 Å². The standard InChI is InChI=1S/C21H38N4O9/c1-2-3-4-5-6-7-22-17(26)12-24(14-19(29)30)10-8-23(13-18(27)28)9-11-25(15-20(31)32)16-21(33)34/h2-16H2,1H3,(H,22,26)(H,27,28)(H,29,30)(H,31,32)(H,33,34). The average Bonchev–Trinajstić information content (AvgIpc) is 2.70. The molecular formula is C21H38N4O9. The van der Waals surface area contributed by atoms with Crippen molar-refractivity contribution < 1.29 is 44.4 Å². The van der Waals surface area contributed by atoms with Crippen molar-refractivity contribution in [1.82, 2.24) is 20.0 Å². The van der Waals surface area contributed by atoms with Crippen LogP contribution in [-0.4, -0.2) is 130 Å². The van der Waals surface area contributed by atoms with Crippen LogP contribution in [0.4, 0.5) is 0 Å². The van der Waals surface area contributed by atoms with Crippen molar-refractivity contribution in [3.8, 4) is 0 Å². The van der Waals surface area contributed by atoms with Crippen molar-refractivity contribution in [3.63, 3.8) is 0 Å². The molecule has 5 N–H and O–H groups in total. The van der Waals surface area contributed by atoms with Crippen molar-refractivity contribution in [1.29, 1.82) is 0 Å². The number of carboxylic acids is 4. The molecule has 0 aromatic carbocycles. The summed E-state index contributed by atoms with van der Waals surface area (Å²) in [5.41, 5.74) is 0. The number of aliphatic carboxylic acids is 4. The molecule has 0 aliphatic carbocycles. The summed E-state index contributed by atoms with van der Waals surface area (Å²) in [6.07, 6.45) is 5.18. The number of carboxylic acid groups (broad SMARTS) is 4. The van der Waals surface area contributed by atoms with Crippen molar-refractivity contribution in [2.24, 2.45) is 0 Å². The zero-order valence-corrected chi connectivity index (χ0v) is 19.8. The minimum Gasteiger partial charge on any atom is -0.480 e. The van der Waals surface area contributed by atoms with Gasteiger partial charge in [-0.15, -0.1) is 0 Å². The number of rotatable bonds is 22. The largest absolute Gasteiger partial charge is 0.480 e. The van der Waals surface area contributed by atoms with E-state index >= 15 is 0 Å². The Morgan fingerprint density at radius 3 is 1.38 bits per heavy atom. The highest BCUT2D eigenvalue weighted by atomic mass is 16.4. The lowest BCUT2D eigenvalue weighted by molar-refractivity contribution is -0.143. The van der Waals surface area contributed by atoms with Crippen LogP contribution in [0.15, 0.2) is 0 Å². The maximum Gasteiger partial charge on any atom is 0.317 e. The Balaban J connectivity index is 4.81. The fourth-order valence-corrected chi connectivity index (χ4v) is 3.24. The highest BCUT2D eigenvalue weighted by Gasteiger charge is 2.19. The smallest absolute Gasteiger partial charge is 0.317 e. The summed E-state index contributed by atoms with van der Waals surface area (Å²) >= 11 is 0. The van der Waals surface area contributed by atoms with Crippen molar-refractivity contribution in [3.05, 3.63) is 0 Å². The fraction of sp³-hybridized carbons (Fsp3) is 0.762. The average molecular weight is 491 g/mol. The van der Waals surface area contributed by atoms with E-state index in [0.717, 1.165) is 37.0 Å². The maximum absolute atomic E-state index is 12.2. The van der Waals surface area contributed by atoms with Gasteiger partial charge in [0.1, 0.15) is 0 Å². The van der Waals surface area contributed by atoms with Crippen LogP contribution in [0.1, 0.15) is 39.0 Å². The summed E-state index contributed by atoms with van der Waals surface area (Å²) in [4.78, 5) is 60.4. The molecule has 0 saturated carbocycles. The second kappa shape index (κ2) is 18.6. The van der Waals surface area contributed by atoms with Crippen molar-refractivity contribution in [2.45, 2.75) is 39.0 Å². The predicted molar refractivity (Wildman–Crippen MR) is 122 cm³/mol. The molecule has 13 nitrogen and oxygen atoms in total. The highest BCUT2D eigenvalue weighted by Crippen LogP contribution is 2.01. The molecule has 1 amide bonds. The zero-order valence-electron chi connectivity index (χ0n) is 19.8. The predicted octanol–water partition coefficient (Wildman–Crippen LogP) is -0.683. The minimum absolute atomic E-state index is 0.0106. The van der Waals surface area contributed by atoms with Gasteiger partial charge < -0.3 is 25.7 Å². The molecule has 0 saturated heterocycles. The maximum atomic E-state index is 12.2. The summed E-state index contributed by atoms with van der Waals surface area (Å²) in [5, 5.41) is 38.9. The van der Waals surface area contributed by atoms with E-state index in [0.29, 0.717) is 6.54 Å². The van der Waals surface area contributed by atoms with Crippen LogP contribution in [0.5, 0.6) is 0 Å². The fourth-order valence-electron chi connectivity index (χ4n) is 3.24. The number of nitrogens with zero attached hydrogens (tertiary/aromatic N) is 3. The molecule has 0 aromatic heterocycles. The third-order valence-electron chi connectivity index (χ3n) is 4.87. The van der Waals surface area contributed by atoms with E-state index in [4.69, 9.17) is 20.4 Å². The minimum atomic E-state index is -1.21. The van der Waals surface area contributed by atoms with Gasteiger partial charge in [-0.05, 0) is 6.42 Å². The molecule has 0 unspecified atom stereocenters. The molecule has 0 atom stereocenters. The first kappa shape index (κ1) is 31.2. The Labute approximate surface area is 199 Å². The Hall–Kier alpha value is -2.77. The van der Waals surface area contributed by atoms with Gasteiger partial charge >= 0.3 is 23.9 Å². The summed E-state index contributed by atoms with van der Waals surface area (Å²) in [7, 11) is 0. The van der Waals surface area contributed by atoms with Crippen LogP contribution in [0.2, 0.25) is 0 Å². The molecule has 0 rings (SSSR count). The van der Waals surface area contributed by atoms with E-state index in [1.54, 1.807) is 0 Å². The van der Waals surface area contributed by atoms with Gasteiger partial charge in [0.15, 0.2) is 0 Å². The molecule has 0 aromatic rings. The molecule has 0 radical (unpaired) electrons. The van der Waals surface area contributed by atoms with E-state index in [1.807, 2.05) is 0 Å². The van der Waals surface area contributed by atoms with Gasteiger partial charge in [0.2, 0.25) is 5.91 Å². The van der Waals surface area contributed by atoms with E-state index in [-0.39, 0.29) is 38.6 Å². The first-order valence-electron chi connectivity index (χ1n) is 11.3. The Bertz CT molecular complexity index is 644. The lowest BCUT2D eigenvalue weighted by Crippen LogP contribution is -2.46. The molecule has 0 fully saturated rings. The first-order chi connectivity index (χ1) is 16.0. The molecule has 0 spiro atoms. The lowest BCUT2D eigenvalue weighted by Gasteiger charge is -2.27. The molecule has 0 aliphatic rings. The van der Waals surface area contributed by atoms with Crippen LogP contribution in [0.3, 0.4) is 0 Å². The molecular weight excluding hydrogens is 452 g/mol. The van der Waals surface area contributed by atoms with Gasteiger partial charge in [-0.1, -0.05) is 32.6 Å². The SMILES string of the molecule is CCCCCCCNC(=O)CN(CCN(CCN(CC(=O)O)CC(=O)O)CC(=O)O)CC(=O)O. The van der Waals surface area contributed by atoms with Crippen LogP contribution in [-0.2, 0) is 24.0 Å². The monoisotopic (exact) mass is 490 g/mol. The number of carbonyl (C=O) groups is 5. The van der Waals surface area contributed by atoms with Gasteiger partial charge in [0.25, 0.3) is 0 Å². The summed E-state index contributed by atoms with van der Waals surface area (Å²) in [5.74, 6) is -5.03. The van der Waals surface area contributed by atoms with E-state index in [1.165, 1.54) is 9.80 Å². The van der Waals surface area contributed by atoms with Crippen LogP contribution in [0, 0.1) is 0 Å². The van der Waals surface area contributed by atoms with Crippen LogP contribution < -0.4 is 5.32 Å². The third-order valence-corrected chi connectivity index (χ3v) is 4.87. The lowest BCUT2D eigenvalue weighted by atomic mass is 10.1. The number of unbranched alkanes of at least 4 members (excludes halogenated alkanes) is 4. The number of hydrogen-bond acceptors (Lipinski definition) is 8. The Morgan fingerprint density at radius 1 is 0.559 bits per heavy atom. The number of carbonyl (C=O) groups excluding carboxylic acids is 1. The van der Waals surface area contributed by atoms with Crippen molar-refractivity contribution >= 4 is 29.8 Å². The molecule has 13 heteroatoms. The quantitative estimate of drug-likeness (QED) is 0.120. The molecule has 0 heterocycles. The second-order valence-corrected chi connectivity index (χ2v) is 8.04. The van der Waals surface area contributed by atoms with Gasteiger partial charge in [0.05, 0.1) is 32.7 Å². The Morgan fingerprint density at radius 2 is 0.941 bits per heavy atom. The van der Waals surface area contributed by atoms with E-state index in [9.17, 15) is 24.0 Å². The first-order valence-corrected chi connectivity index (χ1v) is 11.3. The molecule has 0 bridgehead atoms. The van der Waals surface area contributed by atoms with E-state index in [2.05, 4.69) is 12.2 Å². The Kier molecular flexibility index (Phi) is 17.1. The van der Waals surface area contributed by atoms with Crippen LogP contribution in [0.25, 0.3) is 0 Å². The molecule has 0 aliphatic heterocycles. The number of hydrogen-bond donors (Lipinski definition) is 5. The highest BCUT2D eigenvalue weighted by molar-refractivity contribution is 5.79. The number of nitrogens with one attached hydrogen (secondary N) is 1. The molecule has 196 valence electrons. The van der Waals surface area contributed by atoms with Crippen LogP contribution >= 0.6 is 0 Å². The summed E-state index contributed by atoms with van der Waals surface area (Å²) in [6.45, 7) is 0.824. The number of amides is 1. The third kappa shape index (κ3) is 18.8.